The maximum Gasteiger partial charge on any atom is 0.323 e. The van der Waals surface area contributed by atoms with Crippen LogP contribution in [0.25, 0.3) is 0 Å². The van der Waals surface area contributed by atoms with Crippen LogP contribution in [0.5, 0.6) is 0 Å². The molecular weight excluding hydrogens is 244 g/mol. The highest BCUT2D eigenvalue weighted by molar-refractivity contribution is 6.33. The molecular formula is C11H13ClN2O3. The second kappa shape index (κ2) is 5.54. The summed E-state index contributed by atoms with van der Waals surface area (Å²) in [6, 6.07) is 4.68. The van der Waals surface area contributed by atoms with Crippen LogP contribution >= 0.6 is 11.6 Å². The minimum Gasteiger partial charge on any atom is -0.480 e. The summed E-state index contributed by atoms with van der Waals surface area (Å²) in [6.45, 7) is 1.52. The lowest BCUT2D eigenvalue weighted by Gasteiger charge is -2.16. The number of likely N-dealkylation sites (N-methyl/N-ethyl adjacent to an activating group) is 1. The Kier molecular flexibility index (Phi) is 4.34. The molecule has 2 N–H and O–H groups in total. The van der Waals surface area contributed by atoms with E-state index in [1.165, 1.54) is 7.05 Å². The molecule has 1 rings (SSSR count). The molecule has 92 valence electrons. The molecule has 6 heteroatoms. The summed E-state index contributed by atoms with van der Waals surface area (Å²) in [7, 11) is 1.39. The number of nitrogens with zero attached hydrogens (tertiary/aromatic N) is 1. The standard InChI is InChI=1S/C11H13ClN2O3/c1-7-3-4-9(8(12)5-7)13-11(17)14(2)6-10(15)16/h3-5H,6H2,1-2H3,(H,13,17)(H,15,16). The quantitative estimate of drug-likeness (QED) is 0.871. The van der Waals surface area contributed by atoms with Gasteiger partial charge in [-0.1, -0.05) is 17.7 Å². The van der Waals surface area contributed by atoms with E-state index in [-0.39, 0.29) is 6.54 Å². The molecule has 0 aliphatic heterocycles. The van der Waals surface area contributed by atoms with Crippen molar-refractivity contribution < 1.29 is 14.7 Å². The summed E-state index contributed by atoms with van der Waals surface area (Å²) in [4.78, 5) is 23.1. The van der Waals surface area contributed by atoms with Crippen LogP contribution in [0.4, 0.5) is 10.5 Å². The maximum atomic E-state index is 11.6. The van der Waals surface area contributed by atoms with E-state index in [0.717, 1.165) is 10.5 Å². The first-order chi connectivity index (χ1) is 7.90. The van der Waals surface area contributed by atoms with Gasteiger partial charge in [-0.2, -0.15) is 0 Å². The molecule has 1 aromatic rings. The predicted molar refractivity (Wildman–Crippen MR) is 65.5 cm³/mol. The van der Waals surface area contributed by atoms with Gasteiger partial charge in [0, 0.05) is 7.05 Å². The van der Waals surface area contributed by atoms with Gasteiger partial charge in [-0.25, -0.2) is 4.79 Å². The molecule has 0 saturated carbocycles. The van der Waals surface area contributed by atoms with E-state index >= 15 is 0 Å². The highest BCUT2D eigenvalue weighted by Crippen LogP contribution is 2.22. The Morgan fingerprint density at radius 2 is 2.12 bits per heavy atom. The fourth-order valence-corrected chi connectivity index (χ4v) is 1.49. The minimum absolute atomic E-state index is 0.366. The number of benzene rings is 1. The number of carbonyl (C=O) groups excluding carboxylic acids is 1. The summed E-state index contributed by atoms with van der Waals surface area (Å²) in [5.41, 5.74) is 1.44. The molecule has 0 atom stereocenters. The summed E-state index contributed by atoms with van der Waals surface area (Å²) >= 11 is 5.93. The zero-order valence-corrected chi connectivity index (χ0v) is 10.3. The Bertz CT molecular complexity index is 448. The number of anilines is 1. The van der Waals surface area contributed by atoms with Crippen molar-refractivity contribution in [1.29, 1.82) is 0 Å². The van der Waals surface area contributed by atoms with Gasteiger partial charge < -0.3 is 15.3 Å². The van der Waals surface area contributed by atoms with Crippen molar-refractivity contribution in [1.82, 2.24) is 4.90 Å². The Hall–Kier alpha value is -1.75. The van der Waals surface area contributed by atoms with Gasteiger partial charge in [-0.05, 0) is 24.6 Å². The van der Waals surface area contributed by atoms with Crippen molar-refractivity contribution >= 4 is 29.3 Å². The van der Waals surface area contributed by atoms with Crippen LogP contribution in [0.1, 0.15) is 5.56 Å². The second-order valence-electron chi connectivity index (χ2n) is 3.66. The van der Waals surface area contributed by atoms with Crippen molar-refractivity contribution in [3.05, 3.63) is 28.8 Å². The van der Waals surface area contributed by atoms with Gasteiger partial charge in [0.05, 0.1) is 10.7 Å². The number of halogens is 1. The van der Waals surface area contributed by atoms with Crippen LogP contribution in [0.15, 0.2) is 18.2 Å². The van der Waals surface area contributed by atoms with Gasteiger partial charge in [0.1, 0.15) is 6.54 Å². The van der Waals surface area contributed by atoms with Crippen molar-refractivity contribution in [2.75, 3.05) is 18.9 Å². The lowest BCUT2D eigenvalue weighted by Crippen LogP contribution is -2.35. The van der Waals surface area contributed by atoms with E-state index in [1.807, 2.05) is 6.92 Å². The van der Waals surface area contributed by atoms with Crippen LogP contribution in [-0.4, -0.2) is 35.6 Å². The van der Waals surface area contributed by atoms with Gasteiger partial charge in [-0.3, -0.25) is 4.79 Å². The predicted octanol–water partition coefficient (Wildman–Crippen LogP) is 2.20. The molecule has 2 amide bonds. The van der Waals surface area contributed by atoms with Crippen LogP contribution in [-0.2, 0) is 4.79 Å². The van der Waals surface area contributed by atoms with Crippen molar-refractivity contribution in [2.24, 2.45) is 0 Å². The normalized spacial score (nSPS) is 9.82. The molecule has 0 heterocycles. The lowest BCUT2D eigenvalue weighted by molar-refractivity contribution is -0.137. The first kappa shape index (κ1) is 13.3. The second-order valence-corrected chi connectivity index (χ2v) is 4.07. The molecule has 0 fully saturated rings. The van der Waals surface area contributed by atoms with Gasteiger partial charge in [0.15, 0.2) is 0 Å². The zero-order chi connectivity index (χ0) is 13.0. The van der Waals surface area contributed by atoms with E-state index in [0.29, 0.717) is 10.7 Å². The van der Waals surface area contributed by atoms with Gasteiger partial charge >= 0.3 is 12.0 Å². The van der Waals surface area contributed by atoms with E-state index in [1.54, 1.807) is 18.2 Å². The van der Waals surface area contributed by atoms with Crippen molar-refractivity contribution in [2.45, 2.75) is 6.92 Å². The molecule has 17 heavy (non-hydrogen) atoms. The SMILES string of the molecule is Cc1ccc(NC(=O)N(C)CC(=O)O)c(Cl)c1. The Morgan fingerprint density at radius 3 is 2.65 bits per heavy atom. The largest absolute Gasteiger partial charge is 0.480 e. The number of amides is 2. The number of urea groups is 1. The van der Waals surface area contributed by atoms with Crippen LogP contribution in [0, 0.1) is 6.92 Å². The molecule has 0 radical (unpaired) electrons. The number of aryl methyl sites for hydroxylation is 1. The molecule has 0 aliphatic rings. The molecule has 1 aromatic carbocycles. The zero-order valence-electron chi connectivity index (χ0n) is 9.53. The summed E-state index contributed by atoms with van der Waals surface area (Å²) in [5.74, 6) is -1.07. The van der Waals surface area contributed by atoms with Gasteiger partial charge in [0.25, 0.3) is 0 Å². The number of aliphatic carboxylic acids is 1. The molecule has 0 aromatic heterocycles. The summed E-state index contributed by atoms with van der Waals surface area (Å²) < 4.78 is 0. The first-order valence-electron chi connectivity index (χ1n) is 4.90. The average Bonchev–Trinajstić information content (AvgIpc) is 2.21. The Labute approximate surface area is 104 Å². The molecule has 5 nitrogen and oxygen atoms in total. The number of carboxylic acids is 1. The molecule has 0 bridgehead atoms. The highest BCUT2D eigenvalue weighted by Gasteiger charge is 2.13. The number of carboxylic acid groups (broad SMARTS) is 1. The van der Waals surface area contributed by atoms with Crippen molar-refractivity contribution in [3.63, 3.8) is 0 Å². The van der Waals surface area contributed by atoms with Crippen LogP contribution in [0.3, 0.4) is 0 Å². The number of hydrogen-bond donors (Lipinski definition) is 2. The van der Waals surface area contributed by atoms with Gasteiger partial charge in [-0.15, -0.1) is 0 Å². The first-order valence-corrected chi connectivity index (χ1v) is 5.28. The van der Waals surface area contributed by atoms with Crippen LogP contribution in [0.2, 0.25) is 5.02 Å². The molecule has 0 saturated heterocycles. The fourth-order valence-electron chi connectivity index (χ4n) is 1.21. The molecule has 0 spiro atoms. The maximum absolute atomic E-state index is 11.6. The highest BCUT2D eigenvalue weighted by atomic mass is 35.5. The topological polar surface area (TPSA) is 69.6 Å². The van der Waals surface area contributed by atoms with E-state index in [2.05, 4.69) is 5.32 Å². The number of rotatable bonds is 3. The molecule has 0 unspecified atom stereocenters. The van der Waals surface area contributed by atoms with E-state index < -0.39 is 12.0 Å². The van der Waals surface area contributed by atoms with Crippen molar-refractivity contribution in [3.8, 4) is 0 Å². The van der Waals surface area contributed by atoms with E-state index in [9.17, 15) is 9.59 Å². The van der Waals surface area contributed by atoms with Crippen LogP contribution < -0.4 is 5.32 Å². The number of carbonyl (C=O) groups is 2. The Balaban J connectivity index is 2.71. The fraction of sp³-hybridized carbons (Fsp3) is 0.273. The number of nitrogens with one attached hydrogen (secondary N) is 1. The van der Waals surface area contributed by atoms with E-state index in [4.69, 9.17) is 16.7 Å². The Morgan fingerprint density at radius 1 is 1.47 bits per heavy atom. The third kappa shape index (κ3) is 3.96. The average molecular weight is 257 g/mol. The minimum atomic E-state index is -1.07. The number of hydrogen-bond acceptors (Lipinski definition) is 2. The monoisotopic (exact) mass is 256 g/mol. The third-order valence-corrected chi connectivity index (χ3v) is 2.40. The summed E-state index contributed by atoms with van der Waals surface area (Å²) in [5, 5.41) is 11.5. The van der Waals surface area contributed by atoms with Gasteiger partial charge in [0.2, 0.25) is 0 Å². The lowest BCUT2D eigenvalue weighted by atomic mass is 10.2. The summed E-state index contributed by atoms with van der Waals surface area (Å²) in [6.07, 6.45) is 0. The third-order valence-electron chi connectivity index (χ3n) is 2.09. The smallest absolute Gasteiger partial charge is 0.323 e. The molecule has 0 aliphatic carbocycles.